The predicted molar refractivity (Wildman–Crippen MR) is 88.5 cm³/mol. The van der Waals surface area contributed by atoms with Crippen molar-refractivity contribution in [2.75, 3.05) is 0 Å². The summed E-state index contributed by atoms with van der Waals surface area (Å²) in [6.45, 7) is 5.96. The van der Waals surface area contributed by atoms with E-state index in [2.05, 4.69) is 5.10 Å². The van der Waals surface area contributed by atoms with Gasteiger partial charge < -0.3 is 5.11 Å². The number of halogens is 2. The van der Waals surface area contributed by atoms with Gasteiger partial charge in [0, 0.05) is 5.02 Å². The van der Waals surface area contributed by atoms with Gasteiger partial charge >= 0.3 is 5.97 Å². The highest BCUT2D eigenvalue weighted by Crippen LogP contribution is 2.28. The van der Waals surface area contributed by atoms with Crippen LogP contribution in [-0.2, 0) is 12.8 Å². The number of rotatable bonds is 5. The average molecular weight is 341 g/mol. The molecule has 118 valence electrons. The molecule has 0 saturated carbocycles. The van der Waals surface area contributed by atoms with E-state index in [1.54, 1.807) is 22.9 Å². The van der Waals surface area contributed by atoms with Gasteiger partial charge in [0.25, 0.3) is 0 Å². The fraction of sp³-hybridized carbons (Fsp3) is 0.375. The van der Waals surface area contributed by atoms with Crippen LogP contribution in [0.3, 0.4) is 0 Å². The molecule has 0 aliphatic heterocycles. The van der Waals surface area contributed by atoms with Crippen molar-refractivity contribution in [3.63, 3.8) is 0 Å². The Hall–Kier alpha value is -1.52. The van der Waals surface area contributed by atoms with Crippen molar-refractivity contribution in [1.29, 1.82) is 0 Å². The first kappa shape index (κ1) is 16.8. The molecule has 1 aromatic heterocycles. The Labute approximate surface area is 139 Å². The lowest BCUT2D eigenvalue weighted by Crippen LogP contribution is -2.07. The van der Waals surface area contributed by atoms with Crippen molar-refractivity contribution >= 4 is 29.2 Å². The SMILES string of the molecule is CCc1c(C(=O)O)c(CC(C)C)nn1-c1cc(Cl)ccc1Cl. The summed E-state index contributed by atoms with van der Waals surface area (Å²) in [6, 6.07) is 5.07. The molecule has 0 aliphatic rings. The lowest BCUT2D eigenvalue weighted by molar-refractivity contribution is 0.0694. The van der Waals surface area contributed by atoms with Crippen molar-refractivity contribution < 1.29 is 9.90 Å². The largest absolute Gasteiger partial charge is 0.478 e. The quantitative estimate of drug-likeness (QED) is 0.862. The fourth-order valence-electron chi connectivity index (χ4n) is 2.45. The van der Waals surface area contributed by atoms with E-state index in [1.807, 2.05) is 20.8 Å². The molecule has 0 unspecified atom stereocenters. The van der Waals surface area contributed by atoms with Gasteiger partial charge in [-0.25, -0.2) is 9.48 Å². The number of benzene rings is 1. The van der Waals surface area contributed by atoms with E-state index in [0.29, 0.717) is 45.9 Å². The van der Waals surface area contributed by atoms with Crippen LogP contribution in [-0.4, -0.2) is 20.9 Å². The minimum Gasteiger partial charge on any atom is -0.478 e. The number of hydrogen-bond acceptors (Lipinski definition) is 2. The van der Waals surface area contributed by atoms with Crippen molar-refractivity contribution in [3.05, 3.63) is 45.2 Å². The third-order valence-electron chi connectivity index (χ3n) is 3.34. The summed E-state index contributed by atoms with van der Waals surface area (Å²) in [6.07, 6.45) is 1.13. The zero-order chi connectivity index (χ0) is 16.4. The molecule has 1 N–H and O–H groups in total. The van der Waals surface area contributed by atoms with Gasteiger partial charge in [0.1, 0.15) is 5.56 Å². The van der Waals surface area contributed by atoms with E-state index in [4.69, 9.17) is 23.2 Å². The van der Waals surface area contributed by atoms with Crippen LogP contribution in [0, 0.1) is 5.92 Å². The number of carboxylic acid groups (broad SMARTS) is 1. The molecule has 0 fully saturated rings. The summed E-state index contributed by atoms with van der Waals surface area (Å²) < 4.78 is 1.61. The van der Waals surface area contributed by atoms with Crippen LogP contribution in [0.2, 0.25) is 10.0 Å². The van der Waals surface area contributed by atoms with Gasteiger partial charge in [0.15, 0.2) is 0 Å². The number of carboxylic acids is 1. The number of aromatic carboxylic acids is 1. The molecule has 6 heteroatoms. The number of aromatic nitrogens is 2. The Morgan fingerprint density at radius 3 is 2.59 bits per heavy atom. The van der Waals surface area contributed by atoms with E-state index < -0.39 is 5.97 Å². The van der Waals surface area contributed by atoms with Crippen LogP contribution >= 0.6 is 23.2 Å². The Bertz CT molecular complexity index is 708. The second-order valence-electron chi connectivity index (χ2n) is 5.53. The summed E-state index contributed by atoms with van der Waals surface area (Å²) in [5, 5.41) is 15.1. The lowest BCUT2D eigenvalue weighted by Gasteiger charge is -2.09. The van der Waals surface area contributed by atoms with Crippen LogP contribution in [0.1, 0.15) is 42.5 Å². The molecule has 1 aromatic carbocycles. The second kappa shape index (κ2) is 6.71. The van der Waals surface area contributed by atoms with Crippen molar-refractivity contribution in [2.24, 2.45) is 5.92 Å². The van der Waals surface area contributed by atoms with E-state index in [0.717, 1.165) is 0 Å². The molecule has 0 aliphatic carbocycles. The predicted octanol–water partition coefficient (Wildman–Crippen LogP) is 4.64. The van der Waals surface area contributed by atoms with E-state index in [-0.39, 0.29) is 5.56 Å². The molecule has 4 nitrogen and oxygen atoms in total. The van der Waals surface area contributed by atoms with E-state index in [1.165, 1.54) is 0 Å². The van der Waals surface area contributed by atoms with Gasteiger partial charge in [-0.05, 0) is 37.0 Å². The molecule has 1 heterocycles. The fourth-order valence-corrected chi connectivity index (χ4v) is 2.82. The van der Waals surface area contributed by atoms with Crippen LogP contribution in [0.5, 0.6) is 0 Å². The number of carbonyl (C=O) groups is 1. The topological polar surface area (TPSA) is 55.1 Å². The molecule has 0 radical (unpaired) electrons. The van der Waals surface area contributed by atoms with Crippen LogP contribution in [0.15, 0.2) is 18.2 Å². The van der Waals surface area contributed by atoms with Gasteiger partial charge in [-0.15, -0.1) is 0 Å². The first-order chi connectivity index (χ1) is 10.3. The van der Waals surface area contributed by atoms with Gasteiger partial charge in [-0.2, -0.15) is 5.10 Å². The molecule has 0 amide bonds. The zero-order valence-electron chi connectivity index (χ0n) is 12.7. The van der Waals surface area contributed by atoms with Gasteiger partial charge in [-0.3, -0.25) is 0 Å². The smallest absolute Gasteiger partial charge is 0.339 e. The average Bonchev–Trinajstić information content (AvgIpc) is 2.78. The zero-order valence-corrected chi connectivity index (χ0v) is 14.2. The minimum absolute atomic E-state index is 0.271. The van der Waals surface area contributed by atoms with Gasteiger partial charge in [0.2, 0.25) is 0 Å². The van der Waals surface area contributed by atoms with Crippen LogP contribution < -0.4 is 0 Å². The third kappa shape index (κ3) is 3.28. The first-order valence-corrected chi connectivity index (χ1v) is 7.90. The maximum atomic E-state index is 11.7. The molecule has 0 bridgehead atoms. The van der Waals surface area contributed by atoms with Gasteiger partial charge in [0.05, 0.1) is 22.1 Å². The Morgan fingerprint density at radius 1 is 1.36 bits per heavy atom. The summed E-state index contributed by atoms with van der Waals surface area (Å²) in [7, 11) is 0. The highest BCUT2D eigenvalue weighted by molar-refractivity contribution is 6.34. The van der Waals surface area contributed by atoms with Gasteiger partial charge in [-0.1, -0.05) is 44.0 Å². The lowest BCUT2D eigenvalue weighted by atomic mass is 10.0. The van der Waals surface area contributed by atoms with Crippen molar-refractivity contribution in [3.8, 4) is 5.69 Å². The minimum atomic E-state index is -0.961. The Balaban J connectivity index is 2.70. The normalized spacial score (nSPS) is 11.2. The standard InChI is InChI=1S/C16H18Cl2N2O2/c1-4-13-15(16(21)22)12(7-9(2)3)19-20(13)14-8-10(17)5-6-11(14)18/h5-6,8-9H,4,7H2,1-3H3,(H,21,22). The van der Waals surface area contributed by atoms with Crippen molar-refractivity contribution in [1.82, 2.24) is 9.78 Å². The molecule has 0 spiro atoms. The van der Waals surface area contributed by atoms with Crippen LogP contribution in [0.25, 0.3) is 5.69 Å². The maximum absolute atomic E-state index is 11.7. The van der Waals surface area contributed by atoms with E-state index in [9.17, 15) is 9.90 Å². The molecular weight excluding hydrogens is 323 g/mol. The summed E-state index contributed by atoms with van der Waals surface area (Å²) in [5.74, 6) is -0.655. The number of nitrogens with zero attached hydrogens (tertiary/aromatic N) is 2. The Kier molecular flexibility index (Phi) is 5.14. The molecule has 0 saturated heterocycles. The van der Waals surface area contributed by atoms with Crippen molar-refractivity contribution in [2.45, 2.75) is 33.6 Å². The summed E-state index contributed by atoms with van der Waals surface area (Å²) in [5.41, 5.74) is 2.08. The molecule has 2 rings (SSSR count). The molecule has 22 heavy (non-hydrogen) atoms. The third-order valence-corrected chi connectivity index (χ3v) is 3.89. The number of hydrogen-bond donors (Lipinski definition) is 1. The summed E-state index contributed by atoms with van der Waals surface area (Å²) >= 11 is 12.3. The highest BCUT2D eigenvalue weighted by atomic mass is 35.5. The molecular formula is C16H18Cl2N2O2. The Morgan fingerprint density at radius 2 is 2.05 bits per heavy atom. The molecule has 0 atom stereocenters. The monoisotopic (exact) mass is 340 g/mol. The maximum Gasteiger partial charge on any atom is 0.339 e. The van der Waals surface area contributed by atoms with E-state index >= 15 is 0 Å². The first-order valence-electron chi connectivity index (χ1n) is 7.14. The van der Waals surface area contributed by atoms with Crippen LogP contribution in [0.4, 0.5) is 0 Å². The summed E-state index contributed by atoms with van der Waals surface area (Å²) in [4.78, 5) is 11.7. The molecule has 2 aromatic rings. The highest BCUT2D eigenvalue weighted by Gasteiger charge is 2.24. The second-order valence-corrected chi connectivity index (χ2v) is 6.38.